The van der Waals surface area contributed by atoms with E-state index in [1.54, 1.807) is 29.8 Å². The Morgan fingerprint density at radius 2 is 1.95 bits per heavy atom. The molecule has 2 rings (SSSR count). The number of hydrogen-bond donors (Lipinski definition) is 0. The van der Waals surface area contributed by atoms with E-state index in [1.165, 1.54) is 18.2 Å². The first-order valence-corrected chi connectivity index (χ1v) is 6.51. The molecule has 0 fully saturated rings. The van der Waals surface area contributed by atoms with Crippen molar-refractivity contribution in [3.8, 4) is 5.69 Å². The number of aromatic nitrogens is 1. The first-order valence-electron chi connectivity index (χ1n) is 6.14. The fourth-order valence-electron chi connectivity index (χ4n) is 1.97. The molecule has 0 radical (unpaired) electrons. The molecular weight excluding hydrogens is 281 g/mol. The Kier molecular flexibility index (Phi) is 4.35. The van der Waals surface area contributed by atoms with Gasteiger partial charge in [0.1, 0.15) is 5.82 Å². The van der Waals surface area contributed by atoms with Gasteiger partial charge in [-0.2, -0.15) is 0 Å². The van der Waals surface area contributed by atoms with Gasteiger partial charge >= 0.3 is 0 Å². The van der Waals surface area contributed by atoms with E-state index in [9.17, 15) is 14.0 Å². The van der Waals surface area contributed by atoms with Crippen LogP contribution in [0.1, 0.15) is 17.7 Å². The second-order valence-corrected chi connectivity index (χ2v) is 4.93. The molecule has 1 aromatic carbocycles. The fourth-order valence-corrected chi connectivity index (χ4v) is 2.07. The highest BCUT2D eigenvalue weighted by atomic mass is 35.5. The molecule has 0 saturated carbocycles. The van der Waals surface area contributed by atoms with Gasteiger partial charge in [0.15, 0.2) is 5.43 Å². The molecule has 0 amide bonds. The van der Waals surface area contributed by atoms with E-state index in [1.807, 2.05) is 0 Å². The van der Waals surface area contributed by atoms with Crippen molar-refractivity contribution >= 4 is 16.8 Å². The molecule has 0 N–H and O–H groups in total. The Labute approximate surface area is 120 Å². The number of halogens is 2. The van der Waals surface area contributed by atoms with Gasteiger partial charge in [-0.05, 0) is 49.2 Å². The molecule has 2 aromatic rings. The summed E-state index contributed by atoms with van der Waals surface area (Å²) in [5.41, 5.74) is 1.87. The highest BCUT2D eigenvalue weighted by Gasteiger charge is 2.07. The van der Waals surface area contributed by atoms with Crippen LogP contribution in [0.2, 0.25) is 0 Å². The van der Waals surface area contributed by atoms with E-state index in [-0.39, 0.29) is 17.7 Å². The number of carbonyl (C=O) groups is 1. The van der Waals surface area contributed by atoms with Gasteiger partial charge in [0.2, 0.25) is 5.24 Å². The maximum atomic E-state index is 12.9. The molecule has 1 aromatic heterocycles. The van der Waals surface area contributed by atoms with E-state index in [2.05, 4.69) is 0 Å². The lowest BCUT2D eigenvalue weighted by Gasteiger charge is -2.12. The summed E-state index contributed by atoms with van der Waals surface area (Å²) in [5, 5.41) is -0.474. The molecule has 0 saturated heterocycles. The van der Waals surface area contributed by atoms with Gasteiger partial charge in [0.25, 0.3) is 0 Å². The fraction of sp³-hybridized carbons (Fsp3) is 0.200. The third kappa shape index (κ3) is 3.33. The van der Waals surface area contributed by atoms with E-state index >= 15 is 0 Å². The maximum absolute atomic E-state index is 12.9. The minimum absolute atomic E-state index is 0.114. The average Bonchev–Trinajstić information content (AvgIpc) is 2.39. The Morgan fingerprint density at radius 3 is 2.55 bits per heavy atom. The molecular formula is C15H13ClFNO2. The van der Waals surface area contributed by atoms with Crippen LogP contribution >= 0.6 is 11.6 Å². The van der Waals surface area contributed by atoms with Crippen molar-refractivity contribution in [1.29, 1.82) is 0 Å². The number of benzene rings is 1. The Morgan fingerprint density at radius 1 is 1.30 bits per heavy atom. The predicted molar refractivity (Wildman–Crippen MR) is 75.9 cm³/mol. The van der Waals surface area contributed by atoms with E-state index < -0.39 is 5.24 Å². The average molecular weight is 294 g/mol. The first-order chi connectivity index (χ1) is 9.47. The SMILES string of the molecule is Cc1cc(=O)c(CCC(=O)Cl)cn1-c1ccc(F)cc1. The number of rotatable bonds is 4. The van der Waals surface area contributed by atoms with Gasteiger partial charge < -0.3 is 4.57 Å². The highest BCUT2D eigenvalue weighted by Crippen LogP contribution is 2.13. The van der Waals surface area contributed by atoms with Gasteiger partial charge in [-0.15, -0.1) is 0 Å². The van der Waals surface area contributed by atoms with Crippen molar-refractivity contribution in [2.45, 2.75) is 19.8 Å². The number of pyridine rings is 1. The zero-order valence-electron chi connectivity index (χ0n) is 10.9. The number of carbonyl (C=O) groups excluding carboxylic acids is 1. The largest absolute Gasteiger partial charge is 0.321 e. The van der Waals surface area contributed by atoms with Crippen LogP contribution in [0, 0.1) is 12.7 Å². The molecule has 0 aliphatic rings. The van der Waals surface area contributed by atoms with Gasteiger partial charge in [-0.1, -0.05) is 0 Å². The molecule has 0 unspecified atom stereocenters. The van der Waals surface area contributed by atoms with Crippen LogP contribution in [0.5, 0.6) is 0 Å². The molecule has 0 atom stereocenters. The van der Waals surface area contributed by atoms with E-state index in [0.717, 1.165) is 11.4 Å². The van der Waals surface area contributed by atoms with Crippen molar-refractivity contribution in [2.75, 3.05) is 0 Å². The molecule has 104 valence electrons. The van der Waals surface area contributed by atoms with Crippen LogP contribution in [-0.4, -0.2) is 9.81 Å². The maximum Gasteiger partial charge on any atom is 0.221 e. The van der Waals surface area contributed by atoms with Crippen LogP contribution in [-0.2, 0) is 11.2 Å². The molecule has 0 aliphatic carbocycles. The summed E-state index contributed by atoms with van der Waals surface area (Å²) in [6.45, 7) is 1.79. The molecule has 3 nitrogen and oxygen atoms in total. The van der Waals surface area contributed by atoms with Crippen LogP contribution < -0.4 is 5.43 Å². The summed E-state index contributed by atoms with van der Waals surface area (Å²) in [4.78, 5) is 22.7. The number of hydrogen-bond acceptors (Lipinski definition) is 2. The van der Waals surface area contributed by atoms with Crippen molar-refractivity contribution in [3.63, 3.8) is 0 Å². The number of nitrogens with zero attached hydrogens (tertiary/aromatic N) is 1. The van der Waals surface area contributed by atoms with Crippen molar-refractivity contribution in [1.82, 2.24) is 4.57 Å². The predicted octanol–water partition coefficient (Wildman–Crippen LogP) is 2.98. The molecule has 5 heteroatoms. The van der Waals surface area contributed by atoms with E-state index in [0.29, 0.717) is 12.0 Å². The smallest absolute Gasteiger partial charge is 0.221 e. The summed E-state index contributed by atoms with van der Waals surface area (Å²) in [5.74, 6) is -0.319. The minimum Gasteiger partial charge on any atom is -0.321 e. The summed E-state index contributed by atoms with van der Waals surface area (Å²) >= 11 is 5.30. The highest BCUT2D eigenvalue weighted by molar-refractivity contribution is 6.63. The zero-order valence-corrected chi connectivity index (χ0v) is 11.7. The van der Waals surface area contributed by atoms with Crippen LogP contribution in [0.25, 0.3) is 5.69 Å². The summed E-state index contributed by atoms with van der Waals surface area (Å²) in [6.07, 6.45) is 2.08. The lowest BCUT2D eigenvalue weighted by molar-refractivity contribution is -0.111. The minimum atomic E-state index is -0.474. The summed E-state index contributed by atoms with van der Waals surface area (Å²) in [7, 11) is 0. The van der Waals surface area contributed by atoms with Crippen molar-refractivity contribution < 1.29 is 9.18 Å². The quantitative estimate of drug-likeness (QED) is 0.813. The Hall–Kier alpha value is -1.94. The molecule has 0 aliphatic heterocycles. The molecule has 0 spiro atoms. The van der Waals surface area contributed by atoms with Crippen molar-refractivity contribution in [3.05, 3.63) is 63.8 Å². The third-order valence-electron chi connectivity index (χ3n) is 3.02. The van der Waals surface area contributed by atoms with Gasteiger partial charge in [-0.3, -0.25) is 9.59 Å². The van der Waals surface area contributed by atoms with Crippen LogP contribution in [0.4, 0.5) is 4.39 Å². The topological polar surface area (TPSA) is 39.1 Å². The third-order valence-corrected chi connectivity index (χ3v) is 3.21. The molecule has 0 bridgehead atoms. The van der Waals surface area contributed by atoms with Crippen LogP contribution in [0.3, 0.4) is 0 Å². The first kappa shape index (κ1) is 14.5. The van der Waals surface area contributed by atoms with Crippen LogP contribution in [0.15, 0.2) is 41.3 Å². The Balaban J connectivity index is 2.42. The zero-order chi connectivity index (χ0) is 14.7. The second-order valence-electron chi connectivity index (χ2n) is 4.51. The summed E-state index contributed by atoms with van der Waals surface area (Å²) in [6, 6.07) is 7.47. The van der Waals surface area contributed by atoms with Gasteiger partial charge in [-0.25, -0.2) is 4.39 Å². The van der Waals surface area contributed by atoms with E-state index in [4.69, 9.17) is 11.6 Å². The van der Waals surface area contributed by atoms with Gasteiger partial charge in [0, 0.05) is 35.6 Å². The standard InChI is InChI=1S/C15H13ClFNO2/c1-10-8-14(19)11(2-7-15(16)20)9-18(10)13-5-3-12(17)4-6-13/h3-6,8-9H,2,7H2,1H3. The Bertz CT molecular complexity index is 692. The lowest BCUT2D eigenvalue weighted by Crippen LogP contribution is -2.14. The second kappa shape index (κ2) is 6.01. The number of aryl methyl sites for hydroxylation is 2. The monoisotopic (exact) mass is 293 g/mol. The van der Waals surface area contributed by atoms with Crippen molar-refractivity contribution in [2.24, 2.45) is 0 Å². The molecule has 20 heavy (non-hydrogen) atoms. The van der Waals surface area contributed by atoms with Gasteiger partial charge in [0.05, 0.1) is 0 Å². The lowest BCUT2D eigenvalue weighted by atomic mass is 10.1. The summed E-state index contributed by atoms with van der Waals surface area (Å²) < 4.78 is 14.7. The normalized spacial score (nSPS) is 10.6. The molecule has 1 heterocycles.